The highest BCUT2D eigenvalue weighted by molar-refractivity contribution is 6.11. The van der Waals surface area contributed by atoms with Gasteiger partial charge in [-0.15, -0.1) is 0 Å². The third-order valence-electron chi connectivity index (χ3n) is 4.16. The Labute approximate surface area is 170 Å². The van der Waals surface area contributed by atoms with Crippen molar-refractivity contribution in [3.05, 3.63) is 70.6 Å². The van der Waals surface area contributed by atoms with Gasteiger partial charge in [0.2, 0.25) is 0 Å². The number of carbonyl (C=O) groups is 1. The molecule has 0 amide bonds. The van der Waals surface area contributed by atoms with Crippen LogP contribution in [0.4, 0.5) is 4.39 Å². The lowest BCUT2D eigenvalue weighted by Gasteiger charge is -2.17. The van der Waals surface area contributed by atoms with Crippen molar-refractivity contribution in [3.8, 4) is 17.2 Å². The largest absolute Gasteiger partial charge is 0.507 e. The van der Waals surface area contributed by atoms with E-state index in [1.807, 2.05) is 19.9 Å². The highest BCUT2D eigenvalue weighted by atomic mass is 19.1. The van der Waals surface area contributed by atoms with E-state index in [4.69, 9.17) is 14.2 Å². The number of methoxy groups -OCH3 is 2. The predicted octanol–water partition coefficient (Wildman–Crippen LogP) is 4.93. The van der Waals surface area contributed by atoms with Crippen LogP contribution in [0.1, 0.15) is 35.3 Å². The normalized spacial score (nSPS) is 10.8. The number of rotatable bonds is 9. The number of ketones is 1. The molecular weight excluding hydrogens is 375 g/mol. The van der Waals surface area contributed by atoms with Gasteiger partial charge in [-0.25, -0.2) is 4.39 Å². The number of halogens is 1. The van der Waals surface area contributed by atoms with Crippen molar-refractivity contribution >= 4 is 11.9 Å². The molecule has 0 unspecified atom stereocenters. The zero-order valence-corrected chi connectivity index (χ0v) is 17.0. The molecule has 0 fully saturated rings. The van der Waals surface area contributed by atoms with Crippen molar-refractivity contribution in [1.29, 1.82) is 0 Å². The Morgan fingerprint density at radius 2 is 1.90 bits per heavy atom. The molecule has 0 aliphatic carbocycles. The molecule has 0 saturated heterocycles. The minimum Gasteiger partial charge on any atom is -0.507 e. The van der Waals surface area contributed by atoms with Gasteiger partial charge in [-0.3, -0.25) is 4.79 Å². The molecule has 154 valence electrons. The van der Waals surface area contributed by atoms with Gasteiger partial charge in [0.1, 0.15) is 28.6 Å². The third kappa shape index (κ3) is 5.68. The smallest absolute Gasteiger partial charge is 0.193 e. The second-order valence-electron chi connectivity index (χ2n) is 6.53. The van der Waals surface area contributed by atoms with E-state index >= 15 is 0 Å². The highest BCUT2D eigenvalue weighted by Gasteiger charge is 2.23. The molecule has 29 heavy (non-hydrogen) atoms. The van der Waals surface area contributed by atoms with Crippen LogP contribution >= 0.6 is 0 Å². The average molecular weight is 400 g/mol. The Kier molecular flexibility index (Phi) is 7.98. The molecule has 2 aromatic rings. The van der Waals surface area contributed by atoms with Crippen LogP contribution in [-0.2, 0) is 11.2 Å². The Hall–Kier alpha value is -3.12. The first-order chi connectivity index (χ1) is 13.9. The van der Waals surface area contributed by atoms with E-state index in [9.17, 15) is 14.3 Å². The van der Waals surface area contributed by atoms with E-state index in [-0.39, 0.29) is 29.4 Å². The highest BCUT2D eigenvalue weighted by Crippen LogP contribution is 2.40. The lowest BCUT2D eigenvalue weighted by Crippen LogP contribution is -2.07. The topological polar surface area (TPSA) is 65.0 Å². The van der Waals surface area contributed by atoms with Crippen LogP contribution in [0.15, 0.2) is 48.1 Å². The summed E-state index contributed by atoms with van der Waals surface area (Å²) in [6, 6.07) is 7.64. The van der Waals surface area contributed by atoms with Crippen LogP contribution in [0.2, 0.25) is 0 Å². The maximum atomic E-state index is 13.8. The molecule has 0 bridgehead atoms. The van der Waals surface area contributed by atoms with Gasteiger partial charge >= 0.3 is 0 Å². The molecule has 0 aliphatic rings. The van der Waals surface area contributed by atoms with Crippen LogP contribution < -0.4 is 9.47 Å². The summed E-state index contributed by atoms with van der Waals surface area (Å²) in [5, 5.41) is 10.9. The maximum Gasteiger partial charge on any atom is 0.193 e. The molecule has 0 atom stereocenters. The Balaban J connectivity index is 2.51. The molecule has 2 rings (SSSR count). The summed E-state index contributed by atoms with van der Waals surface area (Å²) < 4.78 is 29.6. The first-order valence-electron chi connectivity index (χ1n) is 9.03. The minimum absolute atomic E-state index is 0.0120. The molecule has 0 aliphatic heterocycles. The van der Waals surface area contributed by atoms with E-state index in [1.165, 1.54) is 38.5 Å². The summed E-state index contributed by atoms with van der Waals surface area (Å²) in [6.45, 7) is 3.84. The third-order valence-corrected chi connectivity index (χ3v) is 4.16. The average Bonchev–Trinajstić information content (AvgIpc) is 2.70. The summed E-state index contributed by atoms with van der Waals surface area (Å²) in [6.07, 6.45) is 4.83. The molecule has 5 nitrogen and oxygen atoms in total. The zero-order valence-electron chi connectivity index (χ0n) is 17.0. The fourth-order valence-electron chi connectivity index (χ4n) is 2.68. The first kappa shape index (κ1) is 22.2. The molecular formula is C23H25FO5. The molecule has 0 heterocycles. The van der Waals surface area contributed by atoms with Gasteiger partial charge in [0.05, 0.1) is 7.11 Å². The van der Waals surface area contributed by atoms with Crippen molar-refractivity contribution in [2.45, 2.75) is 20.3 Å². The van der Waals surface area contributed by atoms with E-state index in [2.05, 4.69) is 0 Å². The van der Waals surface area contributed by atoms with Crippen LogP contribution in [-0.4, -0.2) is 31.9 Å². The second kappa shape index (κ2) is 10.4. The van der Waals surface area contributed by atoms with Crippen LogP contribution in [0.3, 0.4) is 0 Å². The number of ether oxygens (including phenoxy) is 3. The molecule has 0 saturated carbocycles. The quantitative estimate of drug-likeness (QED) is 0.280. The minimum atomic E-state index is -0.514. The van der Waals surface area contributed by atoms with E-state index < -0.39 is 11.6 Å². The maximum absolute atomic E-state index is 13.8. The zero-order chi connectivity index (χ0) is 21.4. The number of hydrogen-bond donors (Lipinski definition) is 1. The number of aromatic hydroxyl groups is 1. The number of allylic oxidation sites excluding steroid dienone is 3. The van der Waals surface area contributed by atoms with Crippen molar-refractivity contribution in [1.82, 2.24) is 0 Å². The SMILES string of the molecule is COCOc1cc(OC)c(C(=O)C=Cc2ccccc2F)c(O)c1CC=C(C)C. The molecule has 0 radical (unpaired) electrons. The van der Waals surface area contributed by atoms with Crippen molar-refractivity contribution in [2.24, 2.45) is 0 Å². The molecule has 0 spiro atoms. The lowest BCUT2D eigenvalue weighted by molar-refractivity contribution is 0.0502. The fraction of sp³-hybridized carbons (Fsp3) is 0.261. The first-order valence-corrected chi connectivity index (χ1v) is 9.03. The van der Waals surface area contributed by atoms with Gasteiger partial charge < -0.3 is 19.3 Å². The number of phenols is 1. The number of phenolic OH excluding ortho intramolecular Hbond substituents is 1. The second-order valence-corrected chi connectivity index (χ2v) is 6.53. The van der Waals surface area contributed by atoms with Crippen molar-refractivity contribution in [2.75, 3.05) is 21.0 Å². The van der Waals surface area contributed by atoms with Gasteiger partial charge in [-0.2, -0.15) is 0 Å². The van der Waals surface area contributed by atoms with Crippen molar-refractivity contribution < 1.29 is 28.5 Å². The summed E-state index contributed by atoms with van der Waals surface area (Å²) in [5.41, 5.74) is 1.74. The summed E-state index contributed by atoms with van der Waals surface area (Å²) in [7, 11) is 2.88. The summed E-state index contributed by atoms with van der Waals surface area (Å²) in [5.74, 6) is -0.693. The van der Waals surface area contributed by atoms with Crippen LogP contribution in [0.5, 0.6) is 17.2 Å². The van der Waals surface area contributed by atoms with Gasteiger partial charge in [-0.1, -0.05) is 29.8 Å². The molecule has 1 N–H and O–H groups in total. The van der Waals surface area contributed by atoms with E-state index in [1.54, 1.807) is 18.2 Å². The monoisotopic (exact) mass is 400 g/mol. The molecule has 6 heteroatoms. The Bertz CT molecular complexity index is 927. The van der Waals surface area contributed by atoms with Gasteiger partial charge in [-0.05, 0) is 38.5 Å². The van der Waals surface area contributed by atoms with Crippen LogP contribution in [0, 0.1) is 5.82 Å². The van der Waals surface area contributed by atoms with Crippen molar-refractivity contribution in [3.63, 3.8) is 0 Å². The van der Waals surface area contributed by atoms with Crippen LogP contribution in [0.25, 0.3) is 6.08 Å². The molecule has 0 aromatic heterocycles. The summed E-state index contributed by atoms with van der Waals surface area (Å²) in [4.78, 5) is 12.8. The van der Waals surface area contributed by atoms with Gasteiger partial charge in [0, 0.05) is 24.3 Å². The Morgan fingerprint density at radius 3 is 2.52 bits per heavy atom. The lowest BCUT2D eigenvalue weighted by atomic mass is 9.99. The van der Waals surface area contributed by atoms with Gasteiger partial charge in [0.25, 0.3) is 0 Å². The number of benzene rings is 2. The number of carbonyl (C=O) groups excluding carboxylic acids is 1. The number of hydrogen-bond acceptors (Lipinski definition) is 5. The van der Waals surface area contributed by atoms with E-state index in [0.717, 1.165) is 5.57 Å². The Morgan fingerprint density at radius 1 is 1.17 bits per heavy atom. The fourth-order valence-corrected chi connectivity index (χ4v) is 2.68. The summed E-state index contributed by atoms with van der Waals surface area (Å²) >= 11 is 0. The van der Waals surface area contributed by atoms with E-state index in [0.29, 0.717) is 17.7 Å². The standard InChI is InChI=1S/C23H25FO5/c1-15(2)9-11-17-20(29-14-27-3)13-21(28-4)22(23(17)26)19(25)12-10-16-7-5-6-8-18(16)24/h5-10,12-13,26H,11,14H2,1-4H3. The molecule has 2 aromatic carbocycles. The predicted molar refractivity (Wildman–Crippen MR) is 110 cm³/mol. The van der Waals surface area contributed by atoms with Gasteiger partial charge in [0.15, 0.2) is 12.6 Å².